The second-order valence-electron chi connectivity index (χ2n) is 5.03. The quantitative estimate of drug-likeness (QED) is 0.568. The zero-order valence-electron chi connectivity index (χ0n) is 12.0. The van der Waals surface area contributed by atoms with Gasteiger partial charge in [0.15, 0.2) is 11.5 Å². The van der Waals surface area contributed by atoms with E-state index in [9.17, 15) is 0 Å². The van der Waals surface area contributed by atoms with Crippen LogP contribution in [0.3, 0.4) is 0 Å². The Morgan fingerprint density at radius 2 is 1.82 bits per heavy atom. The topological polar surface area (TPSA) is 56.5 Å². The van der Waals surface area contributed by atoms with Crippen molar-refractivity contribution in [3.8, 4) is 16.9 Å². The lowest BCUT2D eigenvalue weighted by atomic mass is 10.0. The highest BCUT2D eigenvalue weighted by molar-refractivity contribution is 5.93. The van der Waals surface area contributed by atoms with Gasteiger partial charge in [0.2, 0.25) is 0 Å². The van der Waals surface area contributed by atoms with Gasteiger partial charge in [0.05, 0.1) is 6.20 Å². The Morgan fingerprint density at radius 1 is 0.864 bits per heavy atom. The summed E-state index contributed by atoms with van der Waals surface area (Å²) in [5.41, 5.74) is 4.14. The van der Waals surface area contributed by atoms with Crippen LogP contribution >= 0.6 is 0 Å². The van der Waals surface area contributed by atoms with E-state index < -0.39 is 0 Å². The van der Waals surface area contributed by atoms with E-state index in [-0.39, 0.29) is 0 Å². The molecule has 0 spiro atoms. The third-order valence-corrected chi connectivity index (χ3v) is 3.67. The Hall–Kier alpha value is -3.08. The molecule has 0 aliphatic rings. The standard InChI is InChI=1S/C17H13N5/c1-12-5-8-18-10-14(12)13-6-9-20-17-15(13)11-21-22(17)16-4-2-3-7-19-16/h2-11H,1H3. The van der Waals surface area contributed by atoms with Crippen LogP contribution in [0.1, 0.15) is 5.56 Å². The van der Waals surface area contributed by atoms with Gasteiger partial charge in [-0.1, -0.05) is 6.07 Å². The summed E-state index contributed by atoms with van der Waals surface area (Å²) in [6.07, 6.45) is 9.05. The second kappa shape index (κ2) is 5.04. The van der Waals surface area contributed by atoms with E-state index in [1.54, 1.807) is 23.3 Å². The van der Waals surface area contributed by atoms with Gasteiger partial charge in [0.1, 0.15) is 0 Å². The molecule has 4 heterocycles. The third kappa shape index (κ3) is 1.95. The molecule has 0 aliphatic heterocycles. The molecule has 0 amide bonds. The van der Waals surface area contributed by atoms with Crippen molar-refractivity contribution in [1.29, 1.82) is 0 Å². The maximum atomic E-state index is 4.47. The minimum absolute atomic E-state index is 0.755. The van der Waals surface area contributed by atoms with E-state index in [2.05, 4.69) is 27.0 Å². The van der Waals surface area contributed by atoms with E-state index >= 15 is 0 Å². The maximum Gasteiger partial charge on any atom is 0.165 e. The summed E-state index contributed by atoms with van der Waals surface area (Å²) in [5, 5.41) is 5.44. The van der Waals surface area contributed by atoms with Crippen LogP contribution in [0.25, 0.3) is 28.0 Å². The Morgan fingerprint density at radius 3 is 2.64 bits per heavy atom. The number of aryl methyl sites for hydroxylation is 1. The first-order valence-corrected chi connectivity index (χ1v) is 7.00. The van der Waals surface area contributed by atoms with Gasteiger partial charge >= 0.3 is 0 Å². The summed E-state index contributed by atoms with van der Waals surface area (Å²) >= 11 is 0. The lowest BCUT2D eigenvalue weighted by molar-refractivity contribution is 0.863. The number of hydrogen-bond donors (Lipinski definition) is 0. The first-order valence-electron chi connectivity index (χ1n) is 7.00. The molecule has 4 aromatic rings. The first kappa shape index (κ1) is 12.6. The Bertz CT molecular complexity index is 944. The molecular weight excluding hydrogens is 274 g/mol. The number of rotatable bonds is 2. The van der Waals surface area contributed by atoms with Crippen molar-refractivity contribution in [1.82, 2.24) is 24.7 Å². The van der Waals surface area contributed by atoms with Crippen LogP contribution in [-0.4, -0.2) is 24.7 Å². The fraction of sp³-hybridized carbons (Fsp3) is 0.0588. The summed E-state index contributed by atoms with van der Waals surface area (Å²) in [4.78, 5) is 13.0. The predicted octanol–water partition coefficient (Wildman–Crippen LogP) is 3.19. The predicted molar refractivity (Wildman–Crippen MR) is 84.6 cm³/mol. The molecule has 0 N–H and O–H groups in total. The molecule has 5 nitrogen and oxygen atoms in total. The molecular formula is C17H13N5. The first-order chi connectivity index (χ1) is 10.8. The Kier molecular flexibility index (Phi) is 2.89. The van der Waals surface area contributed by atoms with Crippen LogP contribution in [0.4, 0.5) is 0 Å². The van der Waals surface area contributed by atoms with Gasteiger partial charge in [-0.05, 0) is 42.3 Å². The zero-order chi connectivity index (χ0) is 14.9. The molecule has 4 aromatic heterocycles. The number of nitrogens with zero attached hydrogens (tertiary/aromatic N) is 5. The lowest BCUT2D eigenvalue weighted by Crippen LogP contribution is -1.99. The van der Waals surface area contributed by atoms with E-state index in [0.717, 1.165) is 28.0 Å². The molecule has 0 fully saturated rings. The summed E-state index contributed by atoms with van der Waals surface area (Å²) in [6.45, 7) is 2.08. The summed E-state index contributed by atoms with van der Waals surface area (Å²) in [6, 6.07) is 9.73. The molecule has 0 aliphatic carbocycles. The molecule has 22 heavy (non-hydrogen) atoms. The SMILES string of the molecule is Cc1ccncc1-c1ccnc2c1cnn2-c1ccccn1. The van der Waals surface area contributed by atoms with Crippen molar-refractivity contribution in [3.63, 3.8) is 0 Å². The van der Waals surface area contributed by atoms with Crippen LogP contribution in [0.15, 0.2) is 61.3 Å². The van der Waals surface area contributed by atoms with E-state index in [1.807, 2.05) is 42.7 Å². The molecule has 0 unspecified atom stereocenters. The van der Waals surface area contributed by atoms with Crippen molar-refractivity contribution in [2.75, 3.05) is 0 Å². The monoisotopic (exact) mass is 287 g/mol. The lowest BCUT2D eigenvalue weighted by Gasteiger charge is -2.06. The highest BCUT2D eigenvalue weighted by Gasteiger charge is 2.12. The molecule has 5 heteroatoms. The zero-order valence-corrected chi connectivity index (χ0v) is 12.0. The minimum Gasteiger partial charge on any atom is -0.264 e. The normalized spacial score (nSPS) is 11.0. The highest BCUT2D eigenvalue weighted by atomic mass is 15.3. The van der Waals surface area contributed by atoms with Gasteiger partial charge in [-0.2, -0.15) is 9.78 Å². The van der Waals surface area contributed by atoms with Crippen LogP contribution in [-0.2, 0) is 0 Å². The highest BCUT2D eigenvalue weighted by Crippen LogP contribution is 2.29. The van der Waals surface area contributed by atoms with Crippen molar-refractivity contribution in [2.45, 2.75) is 6.92 Å². The Balaban J connectivity index is 1.97. The van der Waals surface area contributed by atoms with Gasteiger partial charge in [0, 0.05) is 35.7 Å². The summed E-state index contributed by atoms with van der Waals surface area (Å²) in [5.74, 6) is 0.755. The van der Waals surface area contributed by atoms with Crippen LogP contribution < -0.4 is 0 Å². The fourth-order valence-corrected chi connectivity index (χ4v) is 2.56. The van der Waals surface area contributed by atoms with Gasteiger partial charge in [0.25, 0.3) is 0 Å². The second-order valence-corrected chi connectivity index (χ2v) is 5.03. The van der Waals surface area contributed by atoms with Gasteiger partial charge in [-0.25, -0.2) is 9.97 Å². The molecule has 0 saturated carbocycles. The fourth-order valence-electron chi connectivity index (χ4n) is 2.56. The summed E-state index contributed by atoms with van der Waals surface area (Å²) < 4.78 is 1.75. The maximum absolute atomic E-state index is 4.47. The van der Waals surface area contributed by atoms with Gasteiger partial charge in [-0.3, -0.25) is 4.98 Å². The molecule has 4 rings (SSSR count). The number of aromatic nitrogens is 5. The minimum atomic E-state index is 0.755. The van der Waals surface area contributed by atoms with Crippen molar-refractivity contribution >= 4 is 11.0 Å². The molecule has 0 radical (unpaired) electrons. The van der Waals surface area contributed by atoms with E-state index in [0.29, 0.717) is 0 Å². The van der Waals surface area contributed by atoms with Gasteiger partial charge in [-0.15, -0.1) is 0 Å². The van der Waals surface area contributed by atoms with Crippen LogP contribution in [0.5, 0.6) is 0 Å². The average Bonchev–Trinajstić information content (AvgIpc) is 3.00. The van der Waals surface area contributed by atoms with E-state index in [4.69, 9.17) is 0 Å². The van der Waals surface area contributed by atoms with Crippen LogP contribution in [0.2, 0.25) is 0 Å². The molecule has 0 bridgehead atoms. The molecule has 0 aromatic carbocycles. The third-order valence-electron chi connectivity index (χ3n) is 3.67. The average molecular weight is 287 g/mol. The largest absolute Gasteiger partial charge is 0.264 e. The summed E-state index contributed by atoms with van der Waals surface area (Å²) in [7, 11) is 0. The van der Waals surface area contributed by atoms with Crippen molar-refractivity contribution < 1.29 is 0 Å². The number of pyridine rings is 3. The Labute approximate surface area is 127 Å². The van der Waals surface area contributed by atoms with Crippen LogP contribution in [0, 0.1) is 6.92 Å². The van der Waals surface area contributed by atoms with Gasteiger partial charge < -0.3 is 0 Å². The van der Waals surface area contributed by atoms with E-state index in [1.165, 1.54) is 5.56 Å². The smallest absolute Gasteiger partial charge is 0.165 e. The van der Waals surface area contributed by atoms with Crippen molar-refractivity contribution in [2.24, 2.45) is 0 Å². The number of hydrogen-bond acceptors (Lipinski definition) is 4. The molecule has 0 saturated heterocycles. The molecule has 106 valence electrons. The van der Waals surface area contributed by atoms with Crippen molar-refractivity contribution in [3.05, 3.63) is 66.9 Å². The number of fused-ring (bicyclic) bond motifs is 1. The molecule has 0 atom stereocenters.